The molecule has 0 spiro atoms. The Labute approximate surface area is 115 Å². The molecule has 2 rings (SSSR count). The van der Waals surface area contributed by atoms with E-state index in [1.165, 1.54) is 0 Å². The number of aromatic nitrogens is 1. The van der Waals surface area contributed by atoms with E-state index in [0.717, 1.165) is 10.6 Å². The molecule has 2 aromatic heterocycles. The van der Waals surface area contributed by atoms with Crippen molar-refractivity contribution < 1.29 is 13.9 Å². The third-order valence-electron chi connectivity index (χ3n) is 2.40. The molecule has 6 heteroatoms. The largest absolute Gasteiger partial charge is 0.466 e. The van der Waals surface area contributed by atoms with E-state index in [-0.39, 0.29) is 5.97 Å². The molecule has 0 aliphatic carbocycles. The average Bonchev–Trinajstić information content (AvgIpc) is 3.05. The third-order valence-corrected chi connectivity index (χ3v) is 3.26. The molecule has 0 saturated carbocycles. The number of hydrogen-bond donors (Lipinski definition) is 1. The van der Waals surface area contributed by atoms with Gasteiger partial charge in [0.15, 0.2) is 0 Å². The Balaban J connectivity index is 1.74. The molecule has 0 radical (unpaired) electrons. The Hall–Kier alpha value is -1.66. The van der Waals surface area contributed by atoms with Crippen molar-refractivity contribution in [1.82, 2.24) is 10.3 Å². The number of nitrogens with one attached hydrogen (secondary N) is 1. The quantitative estimate of drug-likeness (QED) is 0.623. The van der Waals surface area contributed by atoms with Crippen LogP contribution in [-0.2, 0) is 16.1 Å². The van der Waals surface area contributed by atoms with E-state index >= 15 is 0 Å². The molecule has 2 aromatic rings. The SMILES string of the molecule is CCOC(=O)CCNCc1coc(-c2cccs2)n1. The first-order chi connectivity index (χ1) is 9.29. The number of hydrogen-bond acceptors (Lipinski definition) is 6. The molecule has 2 heterocycles. The number of oxazole rings is 1. The van der Waals surface area contributed by atoms with E-state index in [1.807, 2.05) is 17.5 Å². The zero-order chi connectivity index (χ0) is 13.5. The van der Waals surface area contributed by atoms with E-state index < -0.39 is 0 Å². The zero-order valence-corrected chi connectivity index (χ0v) is 11.5. The molecule has 0 atom stereocenters. The molecule has 102 valence electrons. The lowest BCUT2D eigenvalue weighted by Crippen LogP contribution is -2.19. The summed E-state index contributed by atoms with van der Waals surface area (Å²) in [6.07, 6.45) is 2.00. The maximum absolute atomic E-state index is 11.1. The molecule has 0 aliphatic heterocycles. The van der Waals surface area contributed by atoms with Crippen LogP contribution < -0.4 is 5.32 Å². The molecule has 5 nitrogen and oxygen atoms in total. The lowest BCUT2D eigenvalue weighted by Gasteiger charge is -2.02. The second kappa shape index (κ2) is 7.06. The Bertz CT molecular complexity index is 508. The molecule has 0 saturated heterocycles. The van der Waals surface area contributed by atoms with Gasteiger partial charge in [0.2, 0.25) is 5.89 Å². The van der Waals surface area contributed by atoms with Gasteiger partial charge < -0.3 is 14.5 Å². The van der Waals surface area contributed by atoms with E-state index in [9.17, 15) is 4.79 Å². The lowest BCUT2D eigenvalue weighted by atomic mass is 10.4. The Morgan fingerprint density at radius 1 is 1.58 bits per heavy atom. The molecule has 0 fully saturated rings. The Morgan fingerprint density at radius 3 is 3.21 bits per heavy atom. The molecule has 0 bridgehead atoms. The van der Waals surface area contributed by atoms with Crippen LogP contribution in [0.15, 0.2) is 28.2 Å². The van der Waals surface area contributed by atoms with Gasteiger partial charge in [-0.15, -0.1) is 11.3 Å². The van der Waals surface area contributed by atoms with Crippen LogP contribution in [0.5, 0.6) is 0 Å². The van der Waals surface area contributed by atoms with Gasteiger partial charge in [0.05, 0.1) is 23.6 Å². The molecule has 0 aromatic carbocycles. The number of ether oxygens (including phenoxy) is 1. The fourth-order valence-electron chi connectivity index (χ4n) is 1.54. The summed E-state index contributed by atoms with van der Waals surface area (Å²) in [5.41, 5.74) is 0.826. The fourth-order valence-corrected chi connectivity index (χ4v) is 2.20. The van der Waals surface area contributed by atoms with Crippen LogP contribution >= 0.6 is 11.3 Å². The van der Waals surface area contributed by atoms with Crippen molar-refractivity contribution in [2.45, 2.75) is 19.9 Å². The van der Waals surface area contributed by atoms with Crippen molar-refractivity contribution in [2.75, 3.05) is 13.2 Å². The smallest absolute Gasteiger partial charge is 0.307 e. The number of rotatable bonds is 7. The van der Waals surface area contributed by atoms with Crippen molar-refractivity contribution in [1.29, 1.82) is 0 Å². The Kier molecular flexibility index (Phi) is 5.11. The van der Waals surface area contributed by atoms with E-state index in [2.05, 4.69) is 10.3 Å². The zero-order valence-electron chi connectivity index (χ0n) is 10.7. The maximum atomic E-state index is 11.1. The van der Waals surface area contributed by atoms with Crippen molar-refractivity contribution >= 4 is 17.3 Å². The summed E-state index contributed by atoms with van der Waals surface area (Å²) < 4.78 is 10.2. The van der Waals surface area contributed by atoms with Crippen LogP contribution in [0.25, 0.3) is 10.8 Å². The second-order valence-electron chi connectivity index (χ2n) is 3.85. The van der Waals surface area contributed by atoms with E-state index in [4.69, 9.17) is 9.15 Å². The Morgan fingerprint density at radius 2 is 2.47 bits per heavy atom. The van der Waals surface area contributed by atoms with Gasteiger partial charge in [-0.05, 0) is 18.4 Å². The highest BCUT2D eigenvalue weighted by molar-refractivity contribution is 7.13. The molecule has 0 unspecified atom stereocenters. The normalized spacial score (nSPS) is 10.6. The van der Waals surface area contributed by atoms with Crippen LogP contribution in [0.4, 0.5) is 0 Å². The number of carbonyl (C=O) groups excluding carboxylic acids is 1. The number of carbonyl (C=O) groups is 1. The van der Waals surface area contributed by atoms with Crippen LogP contribution in [0.1, 0.15) is 19.0 Å². The monoisotopic (exact) mass is 280 g/mol. The van der Waals surface area contributed by atoms with Crippen LogP contribution in [0, 0.1) is 0 Å². The minimum absolute atomic E-state index is 0.186. The van der Waals surface area contributed by atoms with Gasteiger partial charge in [-0.25, -0.2) is 4.98 Å². The number of thiophene rings is 1. The topological polar surface area (TPSA) is 64.4 Å². The molecular formula is C13H16N2O3S. The summed E-state index contributed by atoms with van der Waals surface area (Å²) in [5, 5.41) is 5.11. The summed E-state index contributed by atoms with van der Waals surface area (Å²) in [7, 11) is 0. The van der Waals surface area contributed by atoms with Crippen LogP contribution in [0.3, 0.4) is 0 Å². The van der Waals surface area contributed by atoms with Crippen molar-refractivity contribution in [3.05, 3.63) is 29.5 Å². The van der Waals surface area contributed by atoms with E-state index in [1.54, 1.807) is 24.5 Å². The van der Waals surface area contributed by atoms with Crippen LogP contribution in [-0.4, -0.2) is 24.1 Å². The third kappa shape index (κ3) is 4.18. The van der Waals surface area contributed by atoms with Crippen molar-refractivity contribution in [3.63, 3.8) is 0 Å². The first kappa shape index (κ1) is 13.8. The van der Waals surface area contributed by atoms with Crippen molar-refractivity contribution in [2.24, 2.45) is 0 Å². The minimum atomic E-state index is -0.186. The summed E-state index contributed by atoms with van der Waals surface area (Å²) in [4.78, 5) is 16.5. The highest BCUT2D eigenvalue weighted by Crippen LogP contribution is 2.23. The van der Waals surface area contributed by atoms with Crippen molar-refractivity contribution in [3.8, 4) is 10.8 Å². The molecule has 1 N–H and O–H groups in total. The van der Waals surface area contributed by atoms with Gasteiger partial charge in [-0.2, -0.15) is 0 Å². The highest BCUT2D eigenvalue weighted by Gasteiger charge is 2.07. The fraction of sp³-hybridized carbons (Fsp3) is 0.385. The summed E-state index contributed by atoms with van der Waals surface area (Å²) in [6, 6.07) is 3.93. The van der Waals surface area contributed by atoms with Gasteiger partial charge in [0.25, 0.3) is 0 Å². The highest BCUT2D eigenvalue weighted by atomic mass is 32.1. The van der Waals surface area contributed by atoms with Gasteiger partial charge >= 0.3 is 5.97 Å². The van der Waals surface area contributed by atoms with Gasteiger partial charge in [-0.1, -0.05) is 6.07 Å². The second-order valence-corrected chi connectivity index (χ2v) is 4.80. The predicted octanol–water partition coefficient (Wildman–Crippen LogP) is 2.45. The number of nitrogens with zero attached hydrogens (tertiary/aromatic N) is 1. The van der Waals surface area contributed by atoms with E-state index in [0.29, 0.717) is 32.0 Å². The average molecular weight is 280 g/mol. The standard InChI is InChI=1S/C13H16N2O3S/c1-2-17-12(16)5-6-14-8-10-9-18-13(15-10)11-4-3-7-19-11/h3-4,7,9,14H,2,5-6,8H2,1H3. The molecular weight excluding hydrogens is 264 g/mol. The number of esters is 1. The van der Waals surface area contributed by atoms with Gasteiger partial charge in [0, 0.05) is 13.1 Å². The maximum Gasteiger partial charge on any atom is 0.307 e. The van der Waals surface area contributed by atoms with Gasteiger partial charge in [0.1, 0.15) is 6.26 Å². The lowest BCUT2D eigenvalue weighted by molar-refractivity contribution is -0.142. The minimum Gasteiger partial charge on any atom is -0.466 e. The first-order valence-corrected chi connectivity index (χ1v) is 7.02. The summed E-state index contributed by atoms with van der Waals surface area (Å²) >= 11 is 1.59. The molecule has 19 heavy (non-hydrogen) atoms. The summed E-state index contributed by atoms with van der Waals surface area (Å²) in [5.74, 6) is 0.451. The first-order valence-electron chi connectivity index (χ1n) is 6.14. The predicted molar refractivity (Wildman–Crippen MR) is 72.8 cm³/mol. The molecule has 0 aliphatic rings. The van der Waals surface area contributed by atoms with Crippen LogP contribution in [0.2, 0.25) is 0 Å². The summed E-state index contributed by atoms with van der Waals surface area (Å²) in [6.45, 7) is 3.37. The van der Waals surface area contributed by atoms with Gasteiger partial charge in [-0.3, -0.25) is 4.79 Å². The molecule has 0 amide bonds.